The first-order valence-corrected chi connectivity index (χ1v) is 8.54. The summed E-state index contributed by atoms with van der Waals surface area (Å²) < 4.78 is 28.0. The van der Waals surface area contributed by atoms with Crippen LogP contribution in [0.3, 0.4) is 0 Å². The van der Waals surface area contributed by atoms with E-state index >= 15 is 0 Å². The fourth-order valence-corrected chi connectivity index (χ4v) is 3.90. The molecule has 6 heteroatoms. The van der Waals surface area contributed by atoms with Gasteiger partial charge < -0.3 is 5.73 Å². The van der Waals surface area contributed by atoms with Gasteiger partial charge in [-0.3, -0.25) is 4.98 Å². The highest BCUT2D eigenvalue weighted by Gasteiger charge is 2.21. The molecular formula is C15H21N3O2S. The number of hydrogen-bond donors (Lipinski definition) is 2. The van der Waals surface area contributed by atoms with E-state index in [1.807, 2.05) is 13.8 Å². The molecular weight excluding hydrogens is 286 g/mol. The lowest BCUT2D eigenvalue weighted by atomic mass is 10.1. The molecule has 0 bridgehead atoms. The summed E-state index contributed by atoms with van der Waals surface area (Å²) in [5.41, 5.74) is 7.20. The maximum absolute atomic E-state index is 12.6. The Morgan fingerprint density at radius 1 is 1.33 bits per heavy atom. The van der Waals surface area contributed by atoms with Crippen LogP contribution in [-0.2, 0) is 10.0 Å². The molecule has 1 unspecified atom stereocenters. The number of nitrogens with one attached hydrogen (secondary N) is 1. The molecule has 3 N–H and O–H groups in total. The average Bonchev–Trinajstić information content (AvgIpc) is 2.47. The van der Waals surface area contributed by atoms with E-state index in [0.29, 0.717) is 30.3 Å². The minimum absolute atomic E-state index is 0.145. The van der Waals surface area contributed by atoms with E-state index in [9.17, 15) is 8.42 Å². The second-order valence-corrected chi connectivity index (χ2v) is 6.77. The topological polar surface area (TPSA) is 85.1 Å². The van der Waals surface area contributed by atoms with E-state index < -0.39 is 10.0 Å². The molecule has 1 heterocycles. The van der Waals surface area contributed by atoms with Crippen molar-refractivity contribution in [3.8, 4) is 0 Å². The molecule has 21 heavy (non-hydrogen) atoms. The van der Waals surface area contributed by atoms with Gasteiger partial charge >= 0.3 is 0 Å². The molecule has 0 saturated carbocycles. The molecule has 114 valence electrons. The monoisotopic (exact) mass is 307 g/mol. The minimum atomic E-state index is -3.58. The number of aryl methyl sites for hydroxylation is 1. The third kappa shape index (κ3) is 3.40. The van der Waals surface area contributed by atoms with E-state index in [2.05, 4.69) is 9.71 Å². The van der Waals surface area contributed by atoms with Crippen LogP contribution in [0.2, 0.25) is 0 Å². The molecule has 0 fully saturated rings. The van der Waals surface area contributed by atoms with Crippen LogP contribution in [0.15, 0.2) is 35.4 Å². The molecule has 0 aliphatic carbocycles. The summed E-state index contributed by atoms with van der Waals surface area (Å²) in [7, 11) is -3.58. The van der Waals surface area contributed by atoms with Crippen molar-refractivity contribution in [1.82, 2.24) is 9.71 Å². The van der Waals surface area contributed by atoms with Gasteiger partial charge in [0, 0.05) is 17.6 Å². The Bertz CT molecular complexity index is 729. The van der Waals surface area contributed by atoms with Crippen molar-refractivity contribution in [3.63, 3.8) is 0 Å². The van der Waals surface area contributed by atoms with Crippen molar-refractivity contribution >= 4 is 20.9 Å². The highest BCUT2D eigenvalue weighted by molar-refractivity contribution is 7.89. The van der Waals surface area contributed by atoms with Gasteiger partial charge in [-0.2, -0.15) is 0 Å². The highest BCUT2D eigenvalue weighted by Crippen LogP contribution is 2.24. The lowest BCUT2D eigenvalue weighted by Crippen LogP contribution is -2.36. The standard InChI is InChI=1S/C15H21N3O2S/c1-3-12(8-9-16)18-21(19,20)14-7-6-11(2)15-13(14)5-4-10-17-15/h4-7,10,12,18H,3,8-9,16H2,1-2H3. The number of pyridine rings is 1. The quantitative estimate of drug-likeness (QED) is 0.854. The average molecular weight is 307 g/mol. The number of fused-ring (bicyclic) bond motifs is 1. The van der Waals surface area contributed by atoms with Gasteiger partial charge in [0.1, 0.15) is 0 Å². The minimum Gasteiger partial charge on any atom is -0.330 e. The van der Waals surface area contributed by atoms with Crippen LogP contribution in [0.1, 0.15) is 25.3 Å². The normalized spacial score (nSPS) is 13.5. The van der Waals surface area contributed by atoms with E-state index in [-0.39, 0.29) is 10.9 Å². The number of nitrogens with two attached hydrogens (primary N) is 1. The molecule has 0 spiro atoms. The summed E-state index contributed by atoms with van der Waals surface area (Å²) in [6.45, 7) is 4.32. The highest BCUT2D eigenvalue weighted by atomic mass is 32.2. The number of aromatic nitrogens is 1. The Kier molecular flexibility index (Phi) is 4.92. The first kappa shape index (κ1) is 15.9. The zero-order valence-electron chi connectivity index (χ0n) is 12.3. The van der Waals surface area contributed by atoms with E-state index in [0.717, 1.165) is 5.56 Å². The fourth-order valence-electron chi connectivity index (χ4n) is 2.35. The molecule has 1 atom stereocenters. The molecule has 0 aliphatic heterocycles. The zero-order chi connectivity index (χ0) is 15.5. The number of hydrogen-bond acceptors (Lipinski definition) is 4. The van der Waals surface area contributed by atoms with Crippen LogP contribution in [0.25, 0.3) is 10.9 Å². The van der Waals surface area contributed by atoms with Crippen LogP contribution < -0.4 is 10.5 Å². The van der Waals surface area contributed by atoms with Crippen LogP contribution in [0.4, 0.5) is 0 Å². The lowest BCUT2D eigenvalue weighted by molar-refractivity contribution is 0.521. The lowest BCUT2D eigenvalue weighted by Gasteiger charge is -2.17. The molecule has 0 amide bonds. The molecule has 1 aromatic carbocycles. The van der Waals surface area contributed by atoms with E-state index in [1.165, 1.54) is 0 Å². The van der Waals surface area contributed by atoms with Crippen molar-refractivity contribution in [2.24, 2.45) is 5.73 Å². The van der Waals surface area contributed by atoms with Crippen LogP contribution in [0.5, 0.6) is 0 Å². The van der Waals surface area contributed by atoms with Gasteiger partial charge in [-0.05, 0) is 50.1 Å². The summed E-state index contributed by atoms with van der Waals surface area (Å²) in [4.78, 5) is 4.55. The summed E-state index contributed by atoms with van der Waals surface area (Å²) in [6, 6.07) is 6.81. The molecule has 1 aromatic heterocycles. The van der Waals surface area contributed by atoms with E-state index in [1.54, 1.807) is 30.5 Å². The molecule has 5 nitrogen and oxygen atoms in total. The van der Waals surface area contributed by atoms with Crippen molar-refractivity contribution in [3.05, 3.63) is 36.0 Å². The summed E-state index contributed by atoms with van der Waals surface area (Å²) in [5.74, 6) is 0. The Hall–Kier alpha value is -1.50. The second-order valence-electron chi connectivity index (χ2n) is 5.08. The first-order chi connectivity index (χ1) is 9.99. The van der Waals surface area contributed by atoms with Crippen molar-refractivity contribution in [2.45, 2.75) is 37.6 Å². The van der Waals surface area contributed by atoms with Crippen molar-refractivity contribution in [2.75, 3.05) is 6.54 Å². The van der Waals surface area contributed by atoms with Gasteiger partial charge in [-0.25, -0.2) is 13.1 Å². The van der Waals surface area contributed by atoms with Crippen LogP contribution in [0, 0.1) is 6.92 Å². The Morgan fingerprint density at radius 2 is 2.10 bits per heavy atom. The zero-order valence-corrected chi connectivity index (χ0v) is 13.2. The fraction of sp³-hybridized carbons (Fsp3) is 0.400. The van der Waals surface area contributed by atoms with Gasteiger partial charge in [0.15, 0.2) is 0 Å². The summed E-state index contributed by atoms with van der Waals surface area (Å²) in [5, 5.41) is 0.646. The van der Waals surface area contributed by atoms with E-state index in [4.69, 9.17) is 5.73 Å². The second kappa shape index (κ2) is 6.51. The van der Waals surface area contributed by atoms with Crippen molar-refractivity contribution in [1.29, 1.82) is 0 Å². The summed E-state index contributed by atoms with van der Waals surface area (Å²) in [6.07, 6.45) is 3.00. The molecule has 2 aromatic rings. The molecule has 0 aliphatic rings. The van der Waals surface area contributed by atoms with Gasteiger partial charge in [0.05, 0.1) is 10.4 Å². The van der Waals surface area contributed by atoms with Crippen LogP contribution >= 0.6 is 0 Å². The number of benzene rings is 1. The third-order valence-electron chi connectivity index (χ3n) is 3.55. The predicted molar refractivity (Wildman–Crippen MR) is 84.6 cm³/mol. The van der Waals surface area contributed by atoms with Crippen LogP contribution in [-0.4, -0.2) is 26.0 Å². The Labute approximate surface area is 125 Å². The maximum Gasteiger partial charge on any atom is 0.241 e. The molecule has 0 radical (unpaired) electrons. The number of sulfonamides is 1. The van der Waals surface area contributed by atoms with Gasteiger partial charge in [-0.15, -0.1) is 0 Å². The third-order valence-corrected chi connectivity index (χ3v) is 5.13. The van der Waals surface area contributed by atoms with Gasteiger partial charge in [-0.1, -0.05) is 13.0 Å². The molecule has 0 saturated heterocycles. The molecule has 2 rings (SSSR count). The van der Waals surface area contributed by atoms with Crippen molar-refractivity contribution < 1.29 is 8.42 Å². The Morgan fingerprint density at radius 3 is 2.76 bits per heavy atom. The Balaban J connectivity index is 2.48. The van der Waals surface area contributed by atoms with Gasteiger partial charge in [0.2, 0.25) is 10.0 Å². The number of rotatable bonds is 6. The maximum atomic E-state index is 12.6. The van der Waals surface area contributed by atoms with Gasteiger partial charge in [0.25, 0.3) is 0 Å². The summed E-state index contributed by atoms with van der Waals surface area (Å²) >= 11 is 0. The predicted octanol–water partition coefficient (Wildman–Crippen LogP) is 1.95. The smallest absolute Gasteiger partial charge is 0.241 e. The largest absolute Gasteiger partial charge is 0.330 e. The first-order valence-electron chi connectivity index (χ1n) is 7.06. The number of nitrogens with zero attached hydrogens (tertiary/aromatic N) is 1. The SMILES string of the molecule is CCC(CCN)NS(=O)(=O)c1ccc(C)c2ncccc12.